The SMILES string of the molecule is CCOC(=O)[C@H]1CSCCN1CC(=O)Nc1c(C)cccc1[N+](=O)[O-]. The van der Waals surface area contributed by atoms with Crippen LogP contribution in [0.25, 0.3) is 0 Å². The number of carbonyl (C=O) groups is 2. The Balaban J connectivity index is 2.09. The summed E-state index contributed by atoms with van der Waals surface area (Å²) in [6.07, 6.45) is 0. The normalized spacial score (nSPS) is 17.8. The van der Waals surface area contributed by atoms with E-state index < -0.39 is 16.9 Å². The van der Waals surface area contributed by atoms with Gasteiger partial charge in [-0.05, 0) is 19.4 Å². The second-order valence-electron chi connectivity index (χ2n) is 5.59. The minimum absolute atomic E-state index is 0.0183. The molecule has 1 N–H and O–H groups in total. The van der Waals surface area contributed by atoms with Gasteiger partial charge in [-0.1, -0.05) is 12.1 Å². The van der Waals surface area contributed by atoms with Crippen LogP contribution in [-0.4, -0.2) is 58.9 Å². The molecule has 1 saturated heterocycles. The Morgan fingerprint density at radius 1 is 1.48 bits per heavy atom. The van der Waals surface area contributed by atoms with Crippen LogP contribution >= 0.6 is 11.8 Å². The number of hydrogen-bond donors (Lipinski definition) is 1. The number of anilines is 1. The zero-order valence-corrected chi connectivity index (χ0v) is 15.0. The maximum Gasteiger partial charge on any atom is 0.324 e. The highest BCUT2D eigenvalue weighted by Crippen LogP contribution is 2.27. The van der Waals surface area contributed by atoms with Gasteiger partial charge in [0.1, 0.15) is 11.7 Å². The molecule has 1 amide bonds. The Hall–Kier alpha value is -2.13. The van der Waals surface area contributed by atoms with Gasteiger partial charge in [-0.3, -0.25) is 24.6 Å². The number of amides is 1. The largest absolute Gasteiger partial charge is 0.465 e. The molecule has 0 saturated carbocycles. The van der Waals surface area contributed by atoms with E-state index in [2.05, 4.69) is 5.32 Å². The van der Waals surface area contributed by atoms with Crippen molar-refractivity contribution in [2.45, 2.75) is 19.9 Å². The van der Waals surface area contributed by atoms with E-state index in [1.54, 1.807) is 42.6 Å². The van der Waals surface area contributed by atoms with Gasteiger partial charge in [-0.2, -0.15) is 11.8 Å². The summed E-state index contributed by atoms with van der Waals surface area (Å²) in [5.74, 6) is 0.646. The number of thioether (sulfide) groups is 1. The number of esters is 1. The van der Waals surface area contributed by atoms with E-state index in [-0.39, 0.29) is 30.5 Å². The molecule has 1 atom stereocenters. The molecule has 0 aromatic heterocycles. The van der Waals surface area contributed by atoms with Gasteiger partial charge in [-0.15, -0.1) is 0 Å². The van der Waals surface area contributed by atoms with Crippen molar-refractivity contribution in [3.63, 3.8) is 0 Å². The molecule has 1 fully saturated rings. The lowest BCUT2D eigenvalue weighted by Crippen LogP contribution is -2.50. The third kappa shape index (κ3) is 4.93. The molecule has 0 unspecified atom stereocenters. The second kappa shape index (κ2) is 8.82. The molecule has 136 valence electrons. The molecule has 0 bridgehead atoms. The van der Waals surface area contributed by atoms with Crippen molar-refractivity contribution in [1.29, 1.82) is 0 Å². The number of nitrogens with zero attached hydrogens (tertiary/aromatic N) is 2. The molecule has 0 radical (unpaired) electrons. The van der Waals surface area contributed by atoms with Crippen LogP contribution in [0.5, 0.6) is 0 Å². The van der Waals surface area contributed by atoms with Gasteiger partial charge in [0.2, 0.25) is 5.91 Å². The summed E-state index contributed by atoms with van der Waals surface area (Å²) in [5.41, 5.74) is 0.653. The van der Waals surface area contributed by atoms with Crippen molar-refractivity contribution in [3.05, 3.63) is 33.9 Å². The van der Waals surface area contributed by atoms with Crippen LogP contribution in [-0.2, 0) is 14.3 Å². The fourth-order valence-corrected chi connectivity index (χ4v) is 3.71. The number of benzene rings is 1. The summed E-state index contributed by atoms with van der Waals surface area (Å²) in [5, 5.41) is 13.8. The van der Waals surface area contributed by atoms with Gasteiger partial charge in [0.15, 0.2) is 0 Å². The first-order valence-corrected chi connectivity index (χ1v) is 9.11. The van der Waals surface area contributed by atoms with Crippen LogP contribution in [0.3, 0.4) is 0 Å². The standard InChI is InChI=1S/C16H21N3O5S/c1-3-24-16(21)13-10-25-8-7-18(13)9-14(20)17-15-11(2)5-4-6-12(15)19(22)23/h4-6,13H,3,7-10H2,1-2H3,(H,17,20)/t13-/m1/s1. The molecule has 25 heavy (non-hydrogen) atoms. The molecular formula is C16H21N3O5S. The molecule has 1 aliphatic heterocycles. The van der Waals surface area contributed by atoms with Gasteiger partial charge >= 0.3 is 5.97 Å². The Kier molecular flexibility index (Phi) is 6.77. The van der Waals surface area contributed by atoms with Crippen LogP contribution in [0.2, 0.25) is 0 Å². The van der Waals surface area contributed by atoms with Crippen LogP contribution in [0.15, 0.2) is 18.2 Å². The van der Waals surface area contributed by atoms with Gasteiger partial charge in [0.25, 0.3) is 5.69 Å². The number of ether oxygens (including phenoxy) is 1. The lowest BCUT2D eigenvalue weighted by Gasteiger charge is -2.32. The molecule has 2 rings (SSSR count). The third-order valence-electron chi connectivity index (χ3n) is 3.86. The van der Waals surface area contributed by atoms with Gasteiger partial charge in [-0.25, -0.2) is 0 Å². The predicted molar refractivity (Wildman–Crippen MR) is 95.8 cm³/mol. The molecule has 8 nitrogen and oxygen atoms in total. The molecular weight excluding hydrogens is 346 g/mol. The lowest BCUT2D eigenvalue weighted by atomic mass is 10.1. The molecule has 1 aromatic carbocycles. The average molecular weight is 367 g/mol. The number of nitro groups is 1. The molecule has 0 spiro atoms. The average Bonchev–Trinajstić information content (AvgIpc) is 2.57. The number of nitro benzene ring substituents is 1. The molecule has 1 aliphatic rings. The zero-order valence-electron chi connectivity index (χ0n) is 14.2. The minimum atomic E-state index is -0.526. The summed E-state index contributed by atoms with van der Waals surface area (Å²) >= 11 is 1.64. The van der Waals surface area contributed by atoms with Crippen LogP contribution in [0, 0.1) is 17.0 Å². The van der Waals surface area contributed by atoms with E-state index in [4.69, 9.17) is 4.74 Å². The first kappa shape index (κ1) is 19.2. The predicted octanol–water partition coefficient (Wildman–Crippen LogP) is 1.82. The second-order valence-corrected chi connectivity index (χ2v) is 6.74. The Bertz CT molecular complexity index is 667. The highest BCUT2D eigenvalue weighted by Gasteiger charge is 2.31. The highest BCUT2D eigenvalue weighted by atomic mass is 32.2. The third-order valence-corrected chi connectivity index (χ3v) is 4.88. The van der Waals surface area contributed by atoms with Crippen LogP contribution in [0.1, 0.15) is 12.5 Å². The van der Waals surface area contributed by atoms with Crippen molar-refractivity contribution >= 4 is 35.0 Å². The van der Waals surface area contributed by atoms with E-state index in [1.165, 1.54) is 6.07 Å². The summed E-state index contributed by atoms with van der Waals surface area (Å²) in [6.45, 7) is 4.28. The Labute approximate surface area is 150 Å². The van der Waals surface area contributed by atoms with Gasteiger partial charge < -0.3 is 10.1 Å². The maximum absolute atomic E-state index is 12.4. The van der Waals surface area contributed by atoms with Crippen molar-refractivity contribution in [3.8, 4) is 0 Å². The number of para-hydroxylation sites is 1. The van der Waals surface area contributed by atoms with Crippen LogP contribution in [0.4, 0.5) is 11.4 Å². The Morgan fingerprint density at radius 2 is 2.24 bits per heavy atom. The summed E-state index contributed by atoms with van der Waals surface area (Å²) < 4.78 is 5.07. The topological polar surface area (TPSA) is 102 Å². The minimum Gasteiger partial charge on any atom is -0.465 e. The Morgan fingerprint density at radius 3 is 2.92 bits per heavy atom. The highest BCUT2D eigenvalue weighted by molar-refractivity contribution is 7.99. The zero-order chi connectivity index (χ0) is 18.4. The summed E-state index contributed by atoms with van der Waals surface area (Å²) in [4.78, 5) is 36.8. The summed E-state index contributed by atoms with van der Waals surface area (Å²) in [6, 6.07) is 4.14. The molecule has 0 aliphatic carbocycles. The van der Waals surface area contributed by atoms with E-state index in [0.717, 1.165) is 5.75 Å². The smallest absolute Gasteiger partial charge is 0.324 e. The van der Waals surface area contributed by atoms with E-state index in [0.29, 0.717) is 17.9 Å². The number of aryl methyl sites for hydroxylation is 1. The summed E-state index contributed by atoms with van der Waals surface area (Å²) in [7, 11) is 0. The van der Waals surface area contributed by atoms with Crippen molar-refractivity contribution < 1.29 is 19.2 Å². The monoisotopic (exact) mass is 367 g/mol. The van der Waals surface area contributed by atoms with E-state index >= 15 is 0 Å². The van der Waals surface area contributed by atoms with Gasteiger partial charge in [0.05, 0.1) is 18.1 Å². The van der Waals surface area contributed by atoms with Crippen LogP contribution < -0.4 is 5.32 Å². The van der Waals surface area contributed by atoms with E-state index in [1.807, 2.05) is 0 Å². The fourth-order valence-electron chi connectivity index (χ4n) is 2.61. The van der Waals surface area contributed by atoms with Gasteiger partial charge in [0, 0.05) is 24.1 Å². The number of hydrogen-bond acceptors (Lipinski definition) is 7. The fraction of sp³-hybridized carbons (Fsp3) is 0.500. The first-order chi connectivity index (χ1) is 11.9. The molecule has 9 heteroatoms. The van der Waals surface area contributed by atoms with E-state index in [9.17, 15) is 19.7 Å². The molecule has 1 heterocycles. The number of nitrogens with one attached hydrogen (secondary N) is 1. The maximum atomic E-state index is 12.4. The quantitative estimate of drug-likeness (QED) is 0.465. The van der Waals surface area contributed by atoms with Crippen molar-refractivity contribution in [2.24, 2.45) is 0 Å². The first-order valence-electron chi connectivity index (χ1n) is 7.96. The number of rotatable bonds is 6. The number of carbonyl (C=O) groups excluding carboxylic acids is 2. The molecule has 1 aromatic rings. The lowest BCUT2D eigenvalue weighted by molar-refractivity contribution is -0.384. The van der Waals surface area contributed by atoms with Crippen molar-refractivity contribution in [1.82, 2.24) is 4.90 Å². The van der Waals surface area contributed by atoms with Crippen molar-refractivity contribution in [2.75, 3.05) is 36.5 Å².